The Labute approximate surface area is 150 Å². The van der Waals surface area contributed by atoms with Gasteiger partial charge in [0.15, 0.2) is 0 Å². The fourth-order valence-corrected chi connectivity index (χ4v) is 2.86. The van der Waals surface area contributed by atoms with Gasteiger partial charge in [0.05, 0.1) is 17.1 Å². The van der Waals surface area contributed by atoms with E-state index in [1.165, 1.54) is 12.1 Å². The molecule has 0 unspecified atom stereocenters. The topological polar surface area (TPSA) is 17.8 Å². The number of hydrogen-bond donors (Lipinski definition) is 0. The smallest absolute Gasteiger partial charge is 0.123 e. The lowest BCUT2D eigenvalue weighted by Gasteiger charge is -2.07. The van der Waals surface area contributed by atoms with Gasteiger partial charge in [0.25, 0.3) is 0 Å². The van der Waals surface area contributed by atoms with Crippen molar-refractivity contribution >= 4 is 11.6 Å². The molecule has 0 aliphatic rings. The summed E-state index contributed by atoms with van der Waals surface area (Å²) in [5.74, 6) is -0.260. The van der Waals surface area contributed by atoms with E-state index in [0.717, 1.165) is 28.2 Å². The third kappa shape index (κ3) is 3.19. The first-order valence-electron chi connectivity index (χ1n) is 7.88. The maximum atomic E-state index is 13.3. The Hall–Kier alpha value is -2.91. The van der Waals surface area contributed by atoms with Crippen LogP contribution in [0.4, 0.5) is 4.39 Å². The van der Waals surface area contributed by atoms with E-state index < -0.39 is 0 Å². The second kappa shape index (κ2) is 6.54. The first kappa shape index (κ1) is 15.6. The molecule has 3 aromatic carbocycles. The Bertz CT molecular complexity index is 928. The molecule has 4 rings (SSSR count). The fraction of sp³-hybridized carbons (Fsp3) is 0. The normalized spacial score (nSPS) is 10.8. The van der Waals surface area contributed by atoms with Gasteiger partial charge in [0.1, 0.15) is 5.82 Å². The summed E-state index contributed by atoms with van der Waals surface area (Å²) < 4.78 is 15.2. The molecule has 0 spiro atoms. The molecule has 0 atom stereocenters. The molecule has 0 saturated heterocycles. The van der Waals surface area contributed by atoms with Crippen molar-refractivity contribution in [2.75, 3.05) is 0 Å². The molecule has 0 amide bonds. The Morgan fingerprint density at radius 1 is 0.760 bits per heavy atom. The van der Waals surface area contributed by atoms with Crippen LogP contribution in [0.3, 0.4) is 0 Å². The van der Waals surface area contributed by atoms with E-state index in [-0.39, 0.29) is 5.82 Å². The molecule has 0 fully saturated rings. The van der Waals surface area contributed by atoms with Crippen molar-refractivity contribution in [2.45, 2.75) is 0 Å². The molecular formula is C21H14ClFN2. The Balaban J connectivity index is 1.89. The summed E-state index contributed by atoms with van der Waals surface area (Å²) in [7, 11) is 0. The standard InChI is InChI=1S/C21H14ClFN2/c22-17-8-12-19(13-9-17)25-21(16-6-10-18(23)11-7-16)14-20(24-25)15-4-2-1-3-5-15/h1-14H. The average molecular weight is 349 g/mol. The van der Waals surface area contributed by atoms with Crippen molar-refractivity contribution in [3.63, 3.8) is 0 Å². The summed E-state index contributed by atoms with van der Waals surface area (Å²) in [5.41, 5.74) is 4.56. The van der Waals surface area contributed by atoms with Gasteiger partial charge in [-0.3, -0.25) is 0 Å². The lowest BCUT2D eigenvalue weighted by atomic mass is 10.1. The van der Waals surface area contributed by atoms with Crippen LogP contribution in [-0.4, -0.2) is 9.78 Å². The van der Waals surface area contributed by atoms with E-state index >= 15 is 0 Å². The minimum Gasteiger partial charge on any atom is -0.232 e. The number of hydrogen-bond acceptors (Lipinski definition) is 1. The zero-order valence-electron chi connectivity index (χ0n) is 13.2. The highest BCUT2D eigenvalue weighted by molar-refractivity contribution is 6.30. The largest absolute Gasteiger partial charge is 0.232 e. The third-order valence-corrected chi connectivity index (χ3v) is 4.24. The molecular weight excluding hydrogens is 335 g/mol. The van der Waals surface area contributed by atoms with Gasteiger partial charge in [-0.25, -0.2) is 9.07 Å². The van der Waals surface area contributed by atoms with Crippen molar-refractivity contribution in [3.05, 3.63) is 95.8 Å². The second-order valence-electron chi connectivity index (χ2n) is 5.68. The molecule has 4 aromatic rings. The van der Waals surface area contributed by atoms with Gasteiger partial charge < -0.3 is 0 Å². The maximum Gasteiger partial charge on any atom is 0.123 e. The minimum atomic E-state index is -0.260. The number of rotatable bonds is 3. The first-order chi connectivity index (χ1) is 12.2. The number of halogens is 2. The number of aromatic nitrogens is 2. The van der Waals surface area contributed by atoms with E-state index in [0.29, 0.717) is 5.02 Å². The lowest BCUT2D eigenvalue weighted by Crippen LogP contribution is -1.99. The Morgan fingerprint density at radius 2 is 1.44 bits per heavy atom. The van der Waals surface area contributed by atoms with E-state index in [2.05, 4.69) is 0 Å². The highest BCUT2D eigenvalue weighted by Gasteiger charge is 2.13. The van der Waals surface area contributed by atoms with E-state index in [1.807, 2.05) is 65.3 Å². The average Bonchev–Trinajstić information content (AvgIpc) is 3.09. The van der Waals surface area contributed by atoms with Crippen molar-refractivity contribution in [2.24, 2.45) is 0 Å². The van der Waals surface area contributed by atoms with Gasteiger partial charge in [-0.2, -0.15) is 5.10 Å². The van der Waals surface area contributed by atoms with Crippen LogP contribution in [0.15, 0.2) is 84.9 Å². The van der Waals surface area contributed by atoms with Crippen LogP contribution in [0.1, 0.15) is 0 Å². The molecule has 2 nitrogen and oxygen atoms in total. The SMILES string of the molecule is Fc1ccc(-c2cc(-c3ccccc3)nn2-c2ccc(Cl)cc2)cc1. The van der Waals surface area contributed by atoms with Gasteiger partial charge in [-0.15, -0.1) is 0 Å². The molecule has 0 N–H and O–H groups in total. The highest BCUT2D eigenvalue weighted by Crippen LogP contribution is 2.29. The summed E-state index contributed by atoms with van der Waals surface area (Å²) in [4.78, 5) is 0. The molecule has 122 valence electrons. The van der Waals surface area contributed by atoms with Gasteiger partial charge >= 0.3 is 0 Å². The van der Waals surface area contributed by atoms with Crippen molar-refractivity contribution < 1.29 is 4.39 Å². The number of nitrogens with zero attached hydrogens (tertiary/aromatic N) is 2. The van der Waals surface area contributed by atoms with Crippen molar-refractivity contribution in [3.8, 4) is 28.2 Å². The molecule has 4 heteroatoms. The van der Waals surface area contributed by atoms with E-state index in [9.17, 15) is 4.39 Å². The van der Waals surface area contributed by atoms with Crippen LogP contribution < -0.4 is 0 Å². The molecule has 1 heterocycles. The molecule has 1 aromatic heterocycles. The van der Waals surface area contributed by atoms with Crippen LogP contribution in [0.5, 0.6) is 0 Å². The molecule has 0 saturated carbocycles. The van der Waals surface area contributed by atoms with E-state index in [4.69, 9.17) is 16.7 Å². The van der Waals surface area contributed by atoms with Crippen LogP contribution in [0.25, 0.3) is 28.2 Å². The third-order valence-electron chi connectivity index (χ3n) is 3.99. The van der Waals surface area contributed by atoms with Gasteiger partial charge in [-0.1, -0.05) is 41.9 Å². The summed E-state index contributed by atoms with van der Waals surface area (Å²) in [6.45, 7) is 0. The molecule has 0 aliphatic heterocycles. The summed E-state index contributed by atoms with van der Waals surface area (Å²) in [5, 5.41) is 5.43. The lowest BCUT2D eigenvalue weighted by molar-refractivity contribution is 0.628. The van der Waals surface area contributed by atoms with Gasteiger partial charge in [-0.05, 0) is 54.6 Å². The predicted molar refractivity (Wildman–Crippen MR) is 99.4 cm³/mol. The van der Waals surface area contributed by atoms with Gasteiger partial charge in [0.2, 0.25) is 0 Å². The summed E-state index contributed by atoms with van der Waals surface area (Å²) >= 11 is 6.00. The maximum absolute atomic E-state index is 13.3. The van der Waals surface area contributed by atoms with Crippen molar-refractivity contribution in [1.82, 2.24) is 9.78 Å². The molecule has 0 aliphatic carbocycles. The molecule has 0 bridgehead atoms. The quantitative estimate of drug-likeness (QED) is 0.444. The molecule has 0 radical (unpaired) electrons. The monoisotopic (exact) mass is 348 g/mol. The zero-order valence-corrected chi connectivity index (χ0v) is 14.0. The summed E-state index contributed by atoms with van der Waals surface area (Å²) in [6.07, 6.45) is 0. The Kier molecular flexibility index (Phi) is 4.08. The van der Waals surface area contributed by atoms with Gasteiger partial charge in [0, 0.05) is 16.1 Å². The number of benzene rings is 3. The minimum absolute atomic E-state index is 0.260. The van der Waals surface area contributed by atoms with Crippen LogP contribution >= 0.6 is 11.6 Å². The zero-order chi connectivity index (χ0) is 17.2. The second-order valence-corrected chi connectivity index (χ2v) is 6.11. The van der Waals surface area contributed by atoms with Crippen LogP contribution in [-0.2, 0) is 0 Å². The fourth-order valence-electron chi connectivity index (χ4n) is 2.74. The van der Waals surface area contributed by atoms with Crippen LogP contribution in [0, 0.1) is 5.82 Å². The van der Waals surface area contributed by atoms with Crippen LogP contribution in [0.2, 0.25) is 5.02 Å². The summed E-state index contributed by atoms with van der Waals surface area (Å²) in [6, 6.07) is 25.9. The Morgan fingerprint density at radius 3 is 2.12 bits per heavy atom. The highest BCUT2D eigenvalue weighted by atomic mass is 35.5. The van der Waals surface area contributed by atoms with Crippen molar-refractivity contribution in [1.29, 1.82) is 0 Å². The predicted octanol–water partition coefficient (Wildman–Crippen LogP) is 6.00. The van der Waals surface area contributed by atoms with E-state index in [1.54, 1.807) is 12.1 Å². The first-order valence-corrected chi connectivity index (χ1v) is 8.26. The molecule has 25 heavy (non-hydrogen) atoms.